The Kier molecular flexibility index (Phi) is 3.74. The number of nitrogens with zero attached hydrogens (tertiary/aromatic N) is 2. The molecule has 0 unspecified atom stereocenters. The van der Waals surface area contributed by atoms with Crippen molar-refractivity contribution >= 4 is 23.1 Å². The summed E-state index contributed by atoms with van der Waals surface area (Å²) in [6.07, 6.45) is 8.23. The van der Waals surface area contributed by atoms with E-state index in [4.69, 9.17) is 0 Å². The van der Waals surface area contributed by atoms with Gasteiger partial charge in [-0.1, -0.05) is 31.0 Å². The predicted octanol–water partition coefficient (Wildman–Crippen LogP) is 4.05. The number of aryl methyl sites for hydroxylation is 1. The summed E-state index contributed by atoms with van der Waals surface area (Å²) in [5.74, 6) is 1.04. The molecule has 1 aromatic heterocycles. The molecule has 1 aliphatic heterocycles. The molecule has 1 amide bonds. The van der Waals surface area contributed by atoms with Crippen LogP contribution in [0.25, 0.3) is 0 Å². The van der Waals surface area contributed by atoms with Crippen molar-refractivity contribution < 1.29 is 4.79 Å². The number of pyridine rings is 1. The predicted molar refractivity (Wildman–Crippen MR) is 92.0 cm³/mol. The van der Waals surface area contributed by atoms with Crippen LogP contribution in [0.3, 0.4) is 0 Å². The summed E-state index contributed by atoms with van der Waals surface area (Å²) in [7, 11) is 0. The second kappa shape index (κ2) is 6.03. The number of nitrogens with one attached hydrogen (secondary N) is 1. The van der Waals surface area contributed by atoms with E-state index in [0.29, 0.717) is 12.5 Å². The minimum absolute atomic E-state index is 0.141. The molecule has 0 bridgehead atoms. The second-order valence-electron chi connectivity index (χ2n) is 6.39. The van der Waals surface area contributed by atoms with Gasteiger partial charge in [0.1, 0.15) is 5.82 Å². The van der Waals surface area contributed by atoms with E-state index >= 15 is 0 Å². The summed E-state index contributed by atoms with van der Waals surface area (Å²) >= 11 is 0. The van der Waals surface area contributed by atoms with Gasteiger partial charge in [0, 0.05) is 12.5 Å². The first kappa shape index (κ1) is 14.2. The third-order valence-corrected chi connectivity index (χ3v) is 4.80. The lowest BCUT2D eigenvalue weighted by atomic mass is 10.0. The summed E-state index contributed by atoms with van der Waals surface area (Å²) in [5, 5.41) is 3.49. The molecule has 4 heteroatoms. The minimum atomic E-state index is 0.141. The molecule has 1 aromatic carbocycles. The zero-order valence-corrected chi connectivity index (χ0v) is 13.2. The Hall–Kier alpha value is -2.36. The molecule has 2 heterocycles. The van der Waals surface area contributed by atoms with Gasteiger partial charge in [-0.05, 0) is 43.0 Å². The molecule has 2 aromatic rings. The average Bonchev–Trinajstić information content (AvgIpc) is 3.09. The monoisotopic (exact) mass is 307 g/mol. The van der Waals surface area contributed by atoms with Crippen molar-refractivity contribution in [3.8, 4) is 0 Å². The number of fused-ring (bicyclic) bond motifs is 1. The molecule has 1 fully saturated rings. The molecule has 4 nitrogen and oxygen atoms in total. The SMILES string of the molecule is O=C1CCc2ccccc2N1c1ccc(NC2CCCC2)nc1. The van der Waals surface area contributed by atoms with Gasteiger partial charge in [0.15, 0.2) is 0 Å². The van der Waals surface area contributed by atoms with Crippen LogP contribution in [0.2, 0.25) is 0 Å². The first-order chi connectivity index (χ1) is 11.3. The Balaban J connectivity index is 1.59. The van der Waals surface area contributed by atoms with Gasteiger partial charge in [-0.2, -0.15) is 0 Å². The first-order valence-electron chi connectivity index (χ1n) is 8.45. The molecule has 0 spiro atoms. The molecular weight excluding hydrogens is 286 g/mol. The molecule has 1 aliphatic carbocycles. The molecule has 23 heavy (non-hydrogen) atoms. The Morgan fingerprint density at radius 1 is 1.04 bits per heavy atom. The molecule has 118 valence electrons. The lowest BCUT2D eigenvalue weighted by Gasteiger charge is -2.29. The van der Waals surface area contributed by atoms with Crippen LogP contribution in [0.15, 0.2) is 42.6 Å². The Morgan fingerprint density at radius 3 is 2.65 bits per heavy atom. The van der Waals surface area contributed by atoms with Gasteiger partial charge in [-0.25, -0.2) is 4.98 Å². The zero-order chi connectivity index (χ0) is 15.6. The topological polar surface area (TPSA) is 45.2 Å². The third kappa shape index (κ3) is 2.81. The van der Waals surface area contributed by atoms with Crippen LogP contribution in [0.1, 0.15) is 37.7 Å². The van der Waals surface area contributed by atoms with Gasteiger partial charge in [-0.15, -0.1) is 0 Å². The maximum atomic E-state index is 12.4. The Labute approximate surface area is 136 Å². The molecule has 0 saturated heterocycles. The molecule has 4 rings (SSSR count). The van der Waals surface area contributed by atoms with Crippen molar-refractivity contribution in [1.82, 2.24) is 4.98 Å². The highest BCUT2D eigenvalue weighted by Gasteiger charge is 2.25. The number of carbonyl (C=O) groups is 1. The van der Waals surface area contributed by atoms with Gasteiger partial charge >= 0.3 is 0 Å². The van der Waals surface area contributed by atoms with Crippen molar-refractivity contribution in [1.29, 1.82) is 0 Å². The molecule has 2 aliphatic rings. The molecular formula is C19H21N3O. The van der Waals surface area contributed by atoms with Crippen LogP contribution >= 0.6 is 0 Å². The fourth-order valence-corrected chi connectivity index (χ4v) is 3.59. The number of para-hydroxylation sites is 1. The van der Waals surface area contributed by atoms with Gasteiger partial charge in [0.25, 0.3) is 0 Å². The van der Waals surface area contributed by atoms with E-state index in [1.165, 1.54) is 31.2 Å². The number of benzene rings is 1. The van der Waals surface area contributed by atoms with Crippen molar-refractivity contribution in [2.24, 2.45) is 0 Å². The van der Waals surface area contributed by atoms with Crippen molar-refractivity contribution in [2.75, 3.05) is 10.2 Å². The highest BCUT2D eigenvalue weighted by molar-refractivity contribution is 6.02. The number of hydrogen-bond acceptors (Lipinski definition) is 3. The number of anilines is 3. The average molecular weight is 307 g/mol. The second-order valence-corrected chi connectivity index (χ2v) is 6.39. The van der Waals surface area contributed by atoms with Crippen molar-refractivity contribution in [2.45, 2.75) is 44.6 Å². The van der Waals surface area contributed by atoms with Crippen LogP contribution in [-0.4, -0.2) is 16.9 Å². The van der Waals surface area contributed by atoms with E-state index in [2.05, 4.69) is 16.4 Å². The number of amides is 1. The van der Waals surface area contributed by atoms with Crippen LogP contribution in [0.5, 0.6) is 0 Å². The molecule has 1 N–H and O–H groups in total. The molecule has 1 saturated carbocycles. The van der Waals surface area contributed by atoms with Crippen LogP contribution in [-0.2, 0) is 11.2 Å². The summed E-state index contributed by atoms with van der Waals surface area (Å²) < 4.78 is 0. The first-order valence-corrected chi connectivity index (χ1v) is 8.45. The standard InChI is InChI=1S/C19H21N3O/c23-19-12-9-14-5-1-4-8-17(14)22(19)16-10-11-18(20-13-16)21-15-6-2-3-7-15/h1,4-5,8,10-11,13,15H,2-3,6-7,9,12H2,(H,20,21). The largest absolute Gasteiger partial charge is 0.367 e. The number of carbonyl (C=O) groups excluding carboxylic acids is 1. The Bertz CT molecular complexity index is 705. The summed E-state index contributed by atoms with van der Waals surface area (Å²) in [6.45, 7) is 0. The number of hydrogen-bond donors (Lipinski definition) is 1. The lowest BCUT2D eigenvalue weighted by Crippen LogP contribution is -2.30. The summed E-state index contributed by atoms with van der Waals surface area (Å²) in [5.41, 5.74) is 3.06. The van der Waals surface area contributed by atoms with E-state index in [9.17, 15) is 4.79 Å². The van der Waals surface area contributed by atoms with Gasteiger partial charge < -0.3 is 5.32 Å². The Morgan fingerprint density at radius 2 is 1.87 bits per heavy atom. The van der Waals surface area contributed by atoms with Gasteiger partial charge in [0.05, 0.1) is 17.6 Å². The van der Waals surface area contributed by atoms with E-state index < -0.39 is 0 Å². The van der Waals surface area contributed by atoms with Crippen molar-refractivity contribution in [3.05, 3.63) is 48.2 Å². The van der Waals surface area contributed by atoms with E-state index in [0.717, 1.165) is 23.6 Å². The number of rotatable bonds is 3. The summed E-state index contributed by atoms with van der Waals surface area (Å²) in [4.78, 5) is 18.7. The maximum Gasteiger partial charge on any atom is 0.231 e. The maximum absolute atomic E-state index is 12.4. The fraction of sp³-hybridized carbons (Fsp3) is 0.368. The minimum Gasteiger partial charge on any atom is -0.367 e. The normalized spacial score (nSPS) is 18.1. The van der Waals surface area contributed by atoms with Crippen LogP contribution in [0.4, 0.5) is 17.2 Å². The third-order valence-electron chi connectivity index (χ3n) is 4.80. The highest BCUT2D eigenvalue weighted by atomic mass is 16.2. The summed E-state index contributed by atoms with van der Waals surface area (Å²) in [6, 6.07) is 12.6. The van der Waals surface area contributed by atoms with E-state index in [1.807, 2.05) is 30.3 Å². The fourth-order valence-electron chi connectivity index (χ4n) is 3.59. The van der Waals surface area contributed by atoms with Gasteiger partial charge in [0.2, 0.25) is 5.91 Å². The highest BCUT2D eigenvalue weighted by Crippen LogP contribution is 2.34. The molecule has 0 atom stereocenters. The van der Waals surface area contributed by atoms with Crippen molar-refractivity contribution in [3.63, 3.8) is 0 Å². The van der Waals surface area contributed by atoms with E-state index in [1.54, 1.807) is 11.1 Å². The zero-order valence-electron chi connectivity index (χ0n) is 13.2. The van der Waals surface area contributed by atoms with Crippen LogP contribution < -0.4 is 10.2 Å². The lowest BCUT2D eigenvalue weighted by molar-refractivity contribution is -0.118. The van der Waals surface area contributed by atoms with E-state index in [-0.39, 0.29) is 5.91 Å². The molecule has 0 radical (unpaired) electrons. The smallest absolute Gasteiger partial charge is 0.231 e. The van der Waals surface area contributed by atoms with Crippen LogP contribution in [0, 0.1) is 0 Å². The quantitative estimate of drug-likeness (QED) is 0.930. The number of aromatic nitrogens is 1. The van der Waals surface area contributed by atoms with Gasteiger partial charge in [-0.3, -0.25) is 9.69 Å².